The van der Waals surface area contributed by atoms with E-state index in [-0.39, 0.29) is 5.91 Å². The predicted octanol–water partition coefficient (Wildman–Crippen LogP) is 4.28. The Morgan fingerprint density at radius 2 is 1.46 bits per heavy atom. The molecule has 0 fully saturated rings. The van der Waals surface area contributed by atoms with Gasteiger partial charge in [0, 0.05) is 12.2 Å². The van der Waals surface area contributed by atoms with Crippen LogP contribution in [0, 0.1) is 0 Å². The molecule has 0 N–H and O–H groups in total. The Kier molecular flexibility index (Phi) is 5.57. The van der Waals surface area contributed by atoms with Gasteiger partial charge in [-0.1, -0.05) is 54.6 Å². The van der Waals surface area contributed by atoms with Gasteiger partial charge in [-0.15, -0.1) is 0 Å². The van der Waals surface area contributed by atoms with Crippen LogP contribution in [0.3, 0.4) is 0 Å². The first-order valence-electron chi connectivity index (χ1n) is 9.57. The number of carbonyl (C=O) groups excluding carboxylic acids is 1. The first-order valence-corrected chi connectivity index (χ1v) is 9.57. The number of fused-ring (bicyclic) bond motifs is 1. The van der Waals surface area contributed by atoms with Crippen molar-refractivity contribution in [2.45, 2.75) is 12.8 Å². The maximum Gasteiger partial charge on any atom is 0.231 e. The summed E-state index contributed by atoms with van der Waals surface area (Å²) in [5, 5.41) is 0. The second kappa shape index (κ2) is 8.61. The van der Waals surface area contributed by atoms with E-state index in [4.69, 9.17) is 9.47 Å². The fourth-order valence-electron chi connectivity index (χ4n) is 3.36. The average molecular weight is 373 g/mol. The molecule has 0 aliphatic carbocycles. The zero-order chi connectivity index (χ0) is 19.2. The van der Waals surface area contributed by atoms with Gasteiger partial charge in [-0.05, 0) is 41.8 Å². The van der Waals surface area contributed by atoms with Crippen LogP contribution in [-0.4, -0.2) is 25.7 Å². The summed E-state index contributed by atoms with van der Waals surface area (Å²) >= 11 is 0. The molecule has 3 aromatic carbocycles. The summed E-state index contributed by atoms with van der Waals surface area (Å²) in [6, 6.07) is 25.8. The molecule has 1 amide bonds. The van der Waals surface area contributed by atoms with Crippen LogP contribution in [0.5, 0.6) is 11.5 Å². The summed E-state index contributed by atoms with van der Waals surface area (Å²) < 4.78 is 11.2. The predicted molar refractivity (Wildman–Crippen MR) is 110 cm³/mol. The molecular formula is C24H23NO3. The van der Waals surface area contributed by atoms with Crippen LogP contribution in [0.4, 0.5) is 5.69 Å². The van der Waals surface area contributed by atoms with Crippen LogP contribution in [0.2, 0.25) is 0 Å². The fraction of sp³-hybridized carbons (Fsp3) is 0.208. The van der Waals surface area contributed by atoms with Crippen molar-refractivity contribution in [3.63, 3.8) is 0 Å². The molecule has 0 saturated carbocycles. The molecule has 4 nitrogen and oxygen atoms in total. The molecular weight excluding hydrogens is 350 g/mol. The molecule has 0 atom stereocenters. The van der Waals surface area contributed by atoms with Gasteiger partial charge >= 0.3 is 0 Å². The second-order valence-electron chi connectivity index (χ2n) is 6.77. The molecule has 1 heterocycles. The molecule has 0 bridgehead atoms. The third kappa shape index (κ3) is 4.34. The van der Waals surface area contributed by atoms with E-state index in [1.165, 1.54) is 5.56 Å². The number of benzene rings is 3. The Labute approximate surface area is 165 Å². The smallest absolute Gasteiger partial charge is 0.231 e. The molecule has 0 saturated heterocycles. The number of rotatable bonds is 6. The molecule has 0 aromatic heterocycles. The van der Waals surface area contributed by atoms with E-state index in [2.05, 4.69) is 12.1 Å². The SMILES string of the molecule is O=C(Cc1ccc2c(c1)OCCO2)N(CCc1ccccc1)c1ccccc1. The number of anilines is 1. The van der Waals surface area contributed by atoms with Crippen molar-refractivity contribution < 1.29 is 14.3 Å². The van der Waals surface area contributed by atoms with Crippen molar-refractivity contribution in [1.29, 1.82) is 0 Å². The number of hydrogen-bond acceptors (Lipinski definition) is 3. The van der Waals surface area contributed by atoms with Gasteiger partial charge in [0.2, 0.25) is 5.91 Å². The average Bonchev–Trinajstić information content (AvgIpc) is 2.75. The van der Waals surface area contributed by atoms with E-state index in [1.807, 2.05) is 71.6 Å². The van der Waals surface area contributed by atoms with Gasteiger partial charge in [-0.2, -0.15) is 0 Å². The molecule has 28 heavy (non-hydrogen) atoms. The lowest BCUT2D eigenvalue weighted by molar-refractivity contribution is -0.118. The maximum absolute atomic E-state index is 13.2. The molecule has 1 aliphatic rings. The Morgan fingerprint density at radius 1 is 0.786 bits per heavy atom. The van der Waals surface area contributed by atoms with Gasteiger partial charge in [0.05, 0.1) is 6.42 Å². The zero-order valence-electron chi connectivity index (χ0n) is 15.7. The van der Waals surface area contributed by atoms with Gasteiger partial charge in [0.25, 0.3) is 0 Å². The van der Waals surface area contributed by atoms with Gasteiger partial charge in [0.15, 0.2) is 11.5 Å². The molecule has 1 aliphatic heterocycles. The van der Waals surface area contributed by atoms with Gasteiger partial charge in [-0.25, -0.2) is 0 Å². The molecule has 4 heteroatoms. The van der Waals surface area contributed by atoms with E-state index < -0.39 is 0 Å². The summed E-state index contributed by atoms with van der Waals surface area (Å²) in [5.74, 6) is 1.53. The first kappa shape index (κ1) is 18.1. The number of nitrogens with zero attached hydrogens (tertiary/aromatic N) is 1. The highest BCUT2D eigenvalue weighted by Crippen LogP contribution is 2.31. The number of hydrogen-bond donors (Lipinski definition) is 0. The topological polar surface area (TPSA) is 38.8 Å². The van der Waals surface area contributed by atoms with Crippen LogP contribution >= 0.6 is 0 Å². The summed E-state index contributed by atoms with van der Waals surface area (Å²) in [6.45, 7) is 1.74. The minimum Gasteiger partial charge on any atom is -0.486 e. The monoisotopic (exact) mass is 373 g/mol. The lowest BCUT2D eigenvalue weighted by Gasteiger charge is -2.24. The Morgan fingerprint density at radius 3 is 2.21 bits per heavy atom. The number of para-hydroxylation sites is 1. The minimum atomic E-state index is 0.0683. The van der Waals surface area contributed by atoms with Crippen molar-refractivity contribution in [2.75, 3.05) is 24.7 Å². The van der Waals surface area contributed by atoms with Crippen LogP contribution in [0.15, 0.2) is 78.9 Å². The summed E-state index contributed by atoms with van der Waals surface area (Å²) in [4.78, 5) is 15.0. The van der Waals surface area contributed by atoms with E-state index >= 15 is 0 Å². The minimum absolute atomic E-state index is 0.0683. The Hall–Kier alpha value is -3.27. The maximum atomic E-state index is 13.2. The van der Waals surface area contributed by atoms with Crippen molar-refractivity contribution in [3.8, 4) is 11.5 Å². The number of carbonyl (C=O) groups is 1. The third-order valence-corrected chi connectivity index (χ3v) is 4.80. The van der Waals surface area contributed by atoms with Crippen molar-refractivity contribution in [1.82, 2.24) is 0 Å². The van der Waals surface area contributed by atoms with Crippen molar-refractivity contribution >= 4 is 11.6 Å². The lowest BCUT2D eigenvalue weighted by atomic mass is 10.1. The molecule has 4 rings (SSSR count). The van der Waals surface area contributed by atoms with Crippen LogP contribution in [0.1, 0.15) is 11.1 Å². The van der Waals surface area contributed by atoms with Crippen LogP contribution < -0.4 is 14.4 Å². The van der Waals surface area contributed by atoms with Crippen LogP contribution in [-0.2, 0) is 17.6 Å². The summed E-state index contributed by atoms with van der Waals surface area (Å²) in [6.07, 6.45) is 1.13. The third-order valence-electron chi connectivity index (χ3n) is 4.80. The van der Waals surface area contributed by atoms with E-state index in [0.29, 0.717) is 31.9 Å². The van der Waals surface area contributed by atoms with Crippen molar-refractivity contribution in [2.24, 2.45) is 0 Å². The van der Waals surface area contributed by atoms with Crippen LogP contribution in [0.25, 0.3) is 0 Å². The molecule has 142 valence electrons. The quantitative estimate of drug-likeness (QED) is 0.647. The van der Waals surface area contributed by atoms with E-state index in [1.54, 1.807) is 0 Å². The fourth-order valence-corrected chi connectivity index (χ4v) is 3.36. The molecule has 0 radical (unpaired) electrons. The summed E-state index contributed by atoms with van der Waals surface area (Å²) in [7, 11) is 0. The van der Waals surface area contributed by atoms with Gasteiger partial charge in [-0.3, -0.25) is 4.79 Å². The second-order valence-corrected chi connectivity index (χ2v) is 6.77. The number of amides is 1. The largest absolute Gasteiger partial charge is 0.486 e. The molecule has 0 spiro atoms. The standard InChI is InChI=1S/C24H23NO3/c26-24(18-20-11-12-22-23(17-20)28-16-15-27-22)25(21-9-5-2-6-10-21)14-13-19-7-3-1-4-8-19/h1-12,17H,13-16,18H2. The highest BCUT2D eigenvalue weighted by molar-refractivity contribution is 5.94. The van der Waals surface area contributed by atoms with Gasteiger partial charge < -0.3 is 14.4 Å². The number of ether oxygens (including phenoxy) is 2. The molecule has 3 aromatic rings. The van der Waals surface area contributed by atoms with Gasteiger partial charge in [0.1, 0.15) is 13.2 Å². The molecule has 0 unspecified atom stereocenters. The highest BCUT2D eigenvalue weighted by atomic mass is 16.6. The van der Waals surface area contributed by atoms with E-state index in [0.717, 1.165) is 23.4 Å². The first-order chi connectivity index (χ1) is 13.8. The highest BCUT2D eigenvalue weighted by Gasteiger charge is 2.18. The zero-order valence-corrected chi connectivity index (χ0v) is 15.7. The lowest BCUT2D eigenvalue weighted by Crippen LogP contribution is -2.34. The summed E-state index contributed by atoms with van der Waals surface area (Å²) in [5.41, 5.74) is 3.06. The normalized spacial score (nSPS) is 12.4. The Bertz CT molecular complexity index is 925. The Balaban J connectivity index is 1.51. The van der Waals surface area contributed by atoms with E-state index in [9.17, 15) is 4.79 Å². The van der Waals surface area contributed by atoms with Crippen molar-refractivity contribution in [3.05, 3.63) is 90.0 Å².